The van der Waals surface area contributed by atoms with E-state index in [0.29, 0.717) is 16.6 Å². The van der Waals surface area contributed by atoms with Gasteiger partial charge in [0, 0.05) is 21.8 Å². The number of carbonyl (C=O) groups excluding carboxylic acids is 1. The molecule has 0 saturated carbocycles. The van der Waals surface area contributed by atoms with Gasteiger partial charge < -0.3 is 4.42 Å². The summed E-state index contributed by atoms with van der Waals surface area (Å²) >= 11 is 5.91. The van der Waals surface area contributed by atoms with E-state index in [-0.39, 0.29) is 5.76 Å². The molecule has 3 rings (SSSR count). The van der Waals surface area contributed by atoms with Crippen LogP contribution in [0.15, 0.2) is 34.7 Å². The third kappa shape index (κ3) is 3.01. The van der Waals surface area contributed by atoms with Crippen LogP contribution in [0, 0.1) is 13.8 Å². The second-order valence-electron chi connectivity index (χ2n) is 4.85. The van der Waals surface area contributed by atoms with Crippen molar-refractivity contribution in [1.29, 1.82) is 0 Å². The van der Waals surface area contributed by atoms with Crippen molar-refractivity contribution in [2.24, 2.45) is 0 Å². The maximum atomic E-state index is 12.1. The molecule has 0 aliphatic rings. The number of carbonyl (C=O) groups is 1. The Morgan fingerprint density at radius 1 is 1.14 bits per heavy atom. The number of rotatable bonds is 3. The molecular weight excluding hydrogens is 304 g/mol. The minimum absolute atomic E-state index is 0.175. The van der Waals surface area contributed by atoms with Crippen molar-refractivity contribution >= 4 is 34.4 Å². The van der Waals surface area contributed by atoms with Crippen LogP contribution in [0.2, 0.25) is 5.02 Å². The van der Waals surface area contributed by atoms with Crippen molar-refractivity contribution in [3.8, 4) is 0 Å². The van der Waals surface area contributed by atoms with E-state index < -0.39 is 5.91 Å². The van der Waals surface area contributed by atoms with Gasteiger partial charge in [-0.25, -0.2) is 9.97 Å². The average molecular weight is 317 g/mol. The van der Waals surface area contributed by atoms with E-state index in [1.165, 1.54) is 0 Å². The molecule has 112 valence electrons. The van der Waals surface area contributed by atoms with Gasteiger partial charge in [0.2, 0.25) is 5.95 Å². The number of hydrogen-bond acceptors (Lipinski definition) is 5. The molecule has 0 radical (unpaired) electrons. The standard InChI is InChI=1S/C15H13ClN4O2/c1-8-5-9(2)18-15(17-8)20-19-14(21)13-7-10-6-11(16)3-4-12(10)22-13/h3-7H,1-2H3,(H,19,21)(H,17,18,20). The van der Waals surface area contributed by atoms with Crippen molar-refractivity contribution in [2.75, 3.05) is 5.43 Å². The Balaban J connectivity index is 1.75. The average Bonchev–Trinajstić information content (AvgIpc) is 2.86. The maximum Gasteiger partial charge on any atom is 0.305 e. The van der Waals surface area contributed by atoms with Crippen LogP contribution >= 0.6 is 11.6 Å². The van der Waals surface area contributed by atoms with Gasteiger partial charge in [-0.1, -0.05) is 11.6 Å². The molecule has 0 saturated heterocycles. The maximum absolute atomic E-state index is 12.1. The predicted molar refractivity (Wildman–Crippen MR) is 83.8 cm³/mol. The van der Waals surface area contributed by atoms with Crippen LogP contribution in [0.3, 0.4) is 0 Å². The topological polar surface area (TPSA) is 80.0 Å². The number of nitrogens with zero attached hydrogens (tertiary/aromatic N) is 2. The summed E-state index contributed by atoms with van der Waals surface area (Å²) in [6, 6.07) is 8.62. The molecule has 0 aliphatic heterocycles. The zero-order valence-electron chi connectivity index (χ0n) is 12.0. The highest BCUT2D eigenvalue weighted by atomic mass is 35.5. The van der Waals surface area contributed by atoms with E-state index in [2.05, 4.69) is 20.8 Å². The summed E-state index contributed by atoms with van der Waals surface area (Å²) < 4.78 is 5.47. The number of aromatic nitrogens is 2. The van der Waals surface area contributed by atoms with Crippen LogP contribution in [0.25, 0.3) is 11.0 Å². The summed E-state index contributed by atoms with van der Waals surface area (Å²) in [4.78, 5) is 20.4. The van der Waals surface area contributed by atoms with Crippen molar-refractivity contribution in [3.63, 3.8) is 0 Å². The summed E-state index contributed by atoms with van der Waals surface area (Å²) in [5.74, 6) is 0.0780. The summed E-state index contributed by atoms with van der Waals surface area (Å²) in [5.41, 5.74) is 7.39. The molecule has 7 heteroatoms. The first-order chi connectivity index (χ1) is 10.5. The second-order valence-corrected chi connectivity index (χ2v) is 5.28. The van der Waals surface area contributed by atoms with Crippen LogP contribution < -0.4 is 10.9 Å². The van der Waals surface area contributed by atoms with Crippen molar-refractivity contribution in [2.45, 2.75) is 13.8 Å². The molecule has 2 aromatic heterocycles. The number of anilines is 1. The normalized spacial score (nSPS) is 10.7. The minimum atomic E-state index is -0.421. The second kappa shape index (κ2) is 5.65. The van der Waals surface area contributed by atoms with Crippen LogP contribution in [0.4, 0.5) is 5.95 Å². The first-order valence-corrected chi connectivity index (χ1v) is 6.97. The van der Waals surface area contributed by atoms with E-state index in [9.17, 15) is 4.79 Å². The van der Waals surface area contributed by atoms with Gasteiger partial charge in [0.25, 0.3) is 0 Å². The van der Waals surface area contributed by atoms with Crippen molar-refractivity contribution in [3.05, 3.63) is 52.5 Å². The number of fused-ring (bicyclic) bond motifs is 1. The first-order valence-electron chi connectivity index (χ1n) is 6.59. The smallest absolute Gasteiger partial charge is 0.305 e. The highest BCUT2D eigenvalue weighted by molar-refractivity contribution is 6.31. The highest BCUT2D eigenvalue weighted by Crippen LogP contribution is 2.22. The largest absolute Gasteiger partial charge is 0.451 e. The lowest BCUT2D eigenvalue weighted by Gasteiger charge is -2.06. The molecular formula is C15H13ClN4O2. The predicted octanol–water partition coefficient (Wildman–Crippen LogP) is 3.25. The van der Waals surface area contributed by atoms with Crippen LogP contribution in [-0.4, -0.2) is 15.9 Å². The van der Waals surface area contributed by atoms with E-state index in [4.69, 9.17) is 16.0 Å². The number of benzene rings is 1. The zero-order chi connectivity index (χ0) is 15.7. The monoisotopic (exact) mass is 316 g/mol. The van der Waals surface area contributed by atoms with E-state index in [1.807, 2.05) is 19.9 Å². The molecule has 0 bridgehead atoms. The van der Waals surface area contributed by atoms with Crippen LogP contribution in [0.5, 0.6) is 0 Å². The Kier molecular flexibility index (Phi) is 3.68. The Morgan fingerprint density at radius 2 is 1.86 bits per heavy atom. The fourth-order valence-corrected chi connectivity index (χ4v) is 2.26. The van der Waals surface area contributed by atoms with E-state index >= 15 is 0 Å². The third-order valence-electron chi connectivity index (χ3n) is 2.97. The van der Waals surface area contributed by atoms with Gasteiger partial charge in [-0.2, -0.15) is 0 Å². The lowest BCUT2D eigenvalue weighted by Crippen LogP contribution is -2.30. The SMILES string of the molecule is Cc1cc(C)nc(NNC(=O)c2cc3cc(Cl)ccc3o2)n1. The number of halogens is 1. The molecule has 22 heavy (non-hydrogen) atoms. The summed E-state index contributed by atoms with van der Waals surface area (Å²) in [5, 5.41) is 1.35. The van der Waals surface area contributed by atoms with Crippen molar-refractivity contribution < 1.29 is 9.21 Å². The molecule has 1 aromatic carbocycles. The Morgan fingerprint density at radius 3 is 2.59 bits per heavy atom. The minimum Gasteiger partial charge on any atom is -0.451 e. The summed E-state index contributed by atoms with van der Waals surface area (Å²) in [6.45, 7) is 3.70. The van der Waals surface area contributed by atoms with Gasteiger partial charge in [0.15, 0.2) is 5.76 Å². The quantitative estimate of drug-likeness (QED) is 0.725. The van der Waals surface area contributed by atoms with Crippen molar-refractivity contribution in [1.82, 2.24) is 15.4 Å². The van der Waals surface area contributed by atoms with Gasteiger partial charge in [-0.05, 0) is 44.2 Å². The molecule has 2 N–H and O–H groups in total. The van der Waals surface area contributed by atoms with Gasteiger partial charge in [0.1, 0.15) is 5.58 Å². The number of nitrogens with one attached hydrogen (secondary N) is 2. The molecule has 0 unspecified atom stereocenters. The Bertz CT molecular complexity index is 840. The number of aryl methyl sites for hydroxylation is 2. The Hall–Kier alpha value is -2.60. The highest BCUT2D eigenvalue weighted by Gasteiger charge is 2.12. The number of hydrogen-bond donors (Lipinski definition) is 2. The lowest BCUT2D eigenvalue weighted by molar-refractivity contribution is 0.0937. The fourth-order valence-electron chi connectivity index (χ4n) is 2.08. The van der Waals surface area contributed by atoms with Crippen LogP contribution in [0.1, 0.15) is 21.9 Å². The lowest BCUT2D eigenvalue weighted by atomic mass is 10.2. The van der Waals surface area contributed by atoms with Gasteiger partial charge in [-0.15, -0.1) is 0 Å². The molecule has 2 heterocycles. The molecule has 0 spiro atoms. The van der Waals surface area contributed by atoms with Gasteiger partial charge in [-0.3, -0.25) is 15.6 Å². The first kappa shape index (κ1) is 14.3. The third-order valence-corrected chi connectivity index (χ3v) is 3.21. The number of amides is 1. The van der Waals surface area contributed by atoms with Gasteiger partial charge in [0.05, 0.1) is 0 Å². The van der Waals surface area contributed by atoms with E-state index in [0.717, 1.165) is 16.8 Å². The summed E-state index contributed by atoms with van der Waals surface area (Å²) in [6.07, 6.45) is 0. The molecule has 6 nitrogen and oxygen atoms in total. The molecule has 0 atom stereocenters. The summed E-state index contributed by atoms with van der Waals surface area (Å²) in [7, 11) is 0. The molecule has 0 aliphatic carbocycles. The Labute approximate surface area is 131 Å². The van der Waals surface area contributed by atoms with Crippen LogP contribution in [-0.2, 0) is 0 Å². The fraction of sp³-hybridized carbons (Fsp3) is 0.133. The number of hydrazine groups is 1. The molecule has 1 amide bonds. The molecule has 0 fully saturated rings. The zero-order valence-corrected chi connectivity index (χ0v) is 12.7. The van der Waals surface area contributed by atoms with Gasteiger partial charge >= 0.3 is 5.91 Å². The number of furan rings is 1. The molecule has 3 aromatic rings. The van der Waals surface area contributed by atoms with E-state index in [1.54, 1.807) is 24.3 Å².